The van der Waals surface area contributed by atoms with E-state index in [1.165, 1.54) is 12.3 Å². The molecule has 0 unspecified atom stereocenters. The number of benzene rings is 2. The number of amides is 1. The largest absolute Gasteiger partial charge is 0.507 e. The number of nitrogens with zero attached hydrogens (tertiary/aromatic N) is 2. The Bertz CT molecular complexity index is 1060. The van der Waals surface area contributed by atoms with Gasteiger partial charge in [0, 0.05) is 12.1 Å². The van der Waals surface area contributed by atoms with E-state index in [0.717, 1.165) is 30.7 Å². The van der Waals surface area contributed by atoms with Crippen LogP contribution in [0.5, 0.6) is 5.75 Å². The summed E-state index contributed by atoms with van der Waals surface area (Å²) in [5.41, 5.74) is -1.18. The van der Waals surface area contributed by atoms with Gasteiger partial charge in [-0.3, -0.25) is 4.79 Å². The summed E-state index contributed by atoms with van der Waals surface area (Å²) in [6.07, 6.45) is 2.36. The Hall–Kier alpha value is -3.80. The molecule has 1 heterocycles. The van der Waals surface area contributed by atoms with Crippen molar-refractivity contribution in [2.45, 2.75) is 6.54 Å². The third kappa shape index (κ3) is 3.46. The van der Waals surface area contributed by atoms with E-state index in [1.807, 2.05) is 0 Å². The van der Waals surface area contributed by atoms with Crippen LogP contribution >= 0.6 is 0 Å². The lowest BCUT2D eigenvalue weighted by molar-refractivity contribution is 0.0946. The Morgan fingerprint density at radius 3 is 2.70 bits per heavy atom. The molecule has 0 aliphatic rings. The van der Waals surface area contributed by atoms with Crippen LogP contribution in [-0.4, -0.2) is 16.0 Å². The smallest absolute Gasteiger partial charge is 0.254 e. The standard InChI is InChI=1S/C18H10F3N3O3/c19-13-3-12(15-7-23-8-27-15)14(25)4-11(13)18(26)24-6-10-2-1-9(5-22)16(20)17(10)21/h1-4,7-8,25H,6H2,(H,24,26). The number of hydrogen-bond acceptors (Lipinski definition) is 5. The van der Waals surface area contributed by atoms with Gasteiger partial charge in [-0.1, -0.05) is 6.07 Å². The van der Waals surface area contributed by atoms with E-state index in [2.05, 4.69) is 10.3 Å². The number of oxazole rings is 1. The van der Waals surface area contributed by atoms with E-state index < -0.39 is 46.8 Å². The Labute approximate surface area is 150 Å². The summed E-state index contributed by atoms with van der Waals surface area (Å²) in [6, 6.07) is 5.48. The van der Waals surface area contributed by atoms with Gasteiger partial charge in [-0.15, -0.1) is 0 Å². The molecule has 0 saturated heterocycles. The monoisotopic (exact) mass is 373 g/mol. The van der Waals surface area contributed by atoms with Gasteiger partial charge >= 0.3 is 0 Å². The molecule has 1 aromatic heterocycles. The number of phenolic OH excluding ortho intramolecular Hbond substituents is 1. The van der Waals surface area contributed by atoms with Crippen LogP contribution < -0.4 is 5.32 Å². The number of nitrogens with one attached hydrogen (secondary N) is 1. The molecule has 0 radical (unpaired) electrons. The minimum absolute atomic E-state index is 0.00163. The fraction of sp³-hybridized carbons (Fsp3) is 0.0556. The van der Waals surface area contributed by atoms with Gasteiger partial charge in [-0.25, -0.2) is 18.2 Å². The lowest BCUT2D eigenvalue weighted by Gasteiger charge is -2.10. The summed E-state index contributed by atoms with van der Waals surface area (Å²) in [7, 11) is 0. The van der Waals surface area contributed by atoms with Crippen molar-refractivity contribution < 1.29 is 27.5 Å². The molecule has 0 fully saturated rings. The van der Waals surface area contributed by atoms with Crippen LogP contribution in [0.2, 0.25) is 0 Å². The number of rotatable bonds is 4. The van der Waals surface area contributed by atoms with Crippen molar-refractivity contribution in [3.63, 3.8) is 0 Å². The van der Waals surface area contributed by atoms with E-state index in [9.17, 15) is 23.1 Å². The molecule has 136 valence electrons. The molecule has 0 bridgehead atoms. The minimum atomic E-state index is -1.33. The van der Waals surface area contributed by atoms with E-state index in [1.54, 1.807) is 0 Å². The zero-order valence-electron chi connectivity index (χ0n) is 13.5. The molecule has 0 atom stereocenters. The average molecular weight is 373 g/mol. The minimum Gasteiger partial charge on any atom is -0.507 e. The zero-order chi connectivity index (χ0) is 19.6. The van der Waals surface area contributed by atoms with Crippen molar-refractivity contribution >= 4 is 5.91 Å². The van der Waals surface area contributed by atoms with Crippen LogP contribution in [-0.2, 0) is 6.54 Å². The first-order valence-electron chi connectivity index (χ1n) is 7.49. The number of carbonyl (C=O) groups is 1. The molecule has 0 aliphatic heterocycles. The lowest BCUT2D eigenvalue weighted by Crippen LogP contribution is -2.24. The summed E-state index contributed by atoms with van der Waals surface area (Å²) in [6.45, 7) is -0.447. The molecule has 9 heteroatoms. The van der Waals surface area contributed by atoms with Crippen LogP contribution in [0.15, 0.2) is 41.3 Å². The summed E-state index contributed by atoms with van der Waals surface area (Å²) < 4.78 is 46.6. The van der Waals surface area contributed by atoms with Crippen molar-refractivity contribution in [1.29, 1.82) is 5.26 Å². The van der Waals surface area contributed by atoms with Gasteiger partial charge in [0.2, 0.25) is 0 Å². The topological polar surface area (TPSA) is 99.2 Å². The van der Waals surface area contributed by atoms with E-state index in [4.69, 9.17) is 9.68 Å². The first-order chi connectivity index (χ1) is 12.9. The molecule has 0 spiro atoms. The summed E-state index contributed by atoms with van der Waals surface area (Å²) >= 11 is 0. The van der Waals surface area contributed by atoms with E-state index >= 15 is 0 Å². The highest BCUT2D eigenvalue weighted by molar-refractivity contribution is 5.95. The number of halogens is 3. The van der Waals surface area contributed by atoms with E-state index in [-0.39, 0.29) is 16.9 Å². The molecule has 3 rings (SSSR count). The van der Waals surface area contributed by atoms with Gasteiger partial charge in [-0.05, 0) is 18.2 Å². The van der Waals surface area contributed by atoms with Crippen molar-refractivity contribution in [3.05, 3.63) is 71.0 Å². The molecule has 2 N–H and O–H groups in total. The highest BCUT2D eigenvalue weighted by atomic mass is 19.2. The Kier molecular flexibility index (Phi) is 4.81. The summed E-state index contributed by atoms with van der Waals surface area (Å²) in [4.78, 5) is 15.8. The molecule has 0 saturated carbocycles. The molecule has 2 aromatic carbocycles. The van der Waals surface area contributed by atoms with Crippen molar-refractivity contribution in [2.75, 3.05) is 0 Å². The number of nitriles is 1. The second-order valence-corrected chi connectivity index (χ2v) is 5.41. The fourth-order valence-electron chi connectivity index (χ4n) is 2.37. The predicted octanol–water partition coefficient (Wildman–Crippen LogP) is 3.27. The number of hydrogen-bond donors (Lipinski definition) is 2. The zero-order valence-corrected chi connectivity index (χ0v) is 13.5. The molecule has 1 amide bonds. The Balaban J connectivity index is 1.80. The summed E-state index contributed by atoms with van der Waals surface area (Å²) in [5.74, 6) is -4.83. The highest BCUT2D eigenvalue weighted by Crippen LogP contribution is 2.31. The molecule has 27 heavy (non-hydrogen) atoms. The third-order valence-corrected chi connectivity index (χ3v) is 3.75. The number of aromatic nitrogens is 1. The van der Waals surface area contributed by atoms with Crippen molar-refractivity contribution in [1.82, 2.24) is 10.3 Å². The number of aromatic hydroxyl groups is 1. The first-order valence-corrected chi connectivity index (χ1v) is 7.49. The highest BCUT2D eigenvalue weighted by Gasteiger charge is 2.19. The fourth-order valence-corrected chi connectivity index (χ4v) is 2.37. The van der Waals surface area contributed by atoms with Crippen LogP contribution in [0.1, 0.15) is 21.5 Å². The molecular weight excluding hydrogens is 363 g/mol. The maximum Gasteiger partial charge on any atom is 0.254 e. The Morgan fingerprint density at radius 2 is 2.04 bits per heavy atom. The molecule has 3 aromatic rings. The quantitative estimate of drug-likeness (QED) is 0.731. The second-order valence-electron chi connectivity index (χ2n) is 5.41. The van der Waals surface area contributed by atoms with E-state index in [0.29, 0.717) is 0 Å². The third-order valence-electron chi connectivity index (χ3n) is 3.75. The normalized spacial score (nSPS) is 10.4. The number of carbonyl (C=O) groups excluding carboxylic acids is 1. The van der Waals surface area contributed by atoms with Gasteiger partial charge in [0.15, 0.2) is 23.8 Å². The van der Waals surface area contributed by atoms with Crippen LogP contribution in [0.3, 0.4) is 0 Å². The number of phenols is 1. The van der Waals surface area contributed by atoms with Crippen LogP contribution in [0.25, 0.3) is 11.3 Å². The van der Waals surface area contributed by atoms with Gasteiger partial charge in [0.05, 0.1) is 22.9 Å². The molecule has 0 aliphatic carbocycles. The average Bonchev–Trinajstić information content (AvgIpc) is 3.18. The van der Waals surface area contributed by atoms with Gasteiger partial charge in [0.25, 0.3) is 5.91 Å². The van der Waals surface area contributed by atoms with Crippen LogP contribution in [0, 0.1) is 28.8 Å². The lowest BCUT2D eigenvalue weighted by atomic mass is 10.1. The van der Waals surface area contributed by atoms with Gasteiger partial charge in [0.1, 0.15) is 17.6 Å². The van der Waals surface area contributed by atoms with Crippen molar-refractivity contribution in [3.8, 4) is 23.1 Å². The first kappa shape index (κ1) is 18.0. The van der Waals surface area contributed by atoms with Gasteiger partial charge in [-0.2, -0.15) is 5.26 Å². The van der Waals surface area contributed by atoms with Crippen molar-refractivity contribution in [2.24, 2.45) is 0 Å². The van der Waals surface area contributed by atoms with Crippen LogP contribution in [0.4, 0.5) is 13.2 Å². The maximum atomic E-state index is 14.2. The maximum absolute atomic E-state index is 14.2. The summed E-state index contributed by atoms with van der Waals surface area (Å²) in [5, 5.41) is 20.9. The molecular formula is C18H10F3N3O3. The Morgan fingerprint density at radius 1 is 1.26 bits per heavy atom. The SMILES string of the molecule is N#Cc1ccc(CNC(=O)c2cc(O)c(-c3cnco3)cc2F)c(F)c1F. The second kappa shape index (κ2) is 7.21. The predicted molar refractivity (Wildman–Crippen MR) is 85.8 cm³/mol. The molecule has 6 nitrogen and oxygen atoms in total. The van der Waals surface area contributed by atoms with Gasteiger partial charge < -0.3 is 14.8 Å².